The number of nitrogens with zero attached hydrogens (tertiary/aromatic N) is 6. The molecule has 0 aliphatic heterocycles. The van der Waals surface area contributed by atoms with Crippen molar-refractivity contribution in [2.45, 2.75) is 6.92 Å². The first kappa shape index (κ1) is 15.0. The Balaban J connectivity index is 1.80. The SMILES string of the molecule is COc1cccc(-c2cc(C)c(-n3ncc4c(N)ncnc43)nn2)c1. The number of aryl methyl sites for hydroxylation is 1. The van der Waals surface area contributed by atoms with E-state index < -0.39 is 0 Å². The van der Waals surface area contributed by atoms with Crippen molar-refractivity contribution in [1.29, 1.82) is 0 Å². The van der Waals surface area contributed by atoms with Crippen LogP contribution in [0.4, 0.5) is 5.82 Å². The fourth-order valence-corrected chi connectivity index (χ4v) is 2.63. The Bertz CT molecular complexity index is 1070. The van der Waals surface area contributed by atoms with Crippen LogP contribution in [-0.2, 0) is 0 Å². The maximum atomic E-state index is 5.86. The summed E-state index contributed by atoms with van der Waals surface area (Å²) in [6.07, 6.45) is 3.03. The molecule has 3 heterocycles. The quantitative estimate of drug-likeness (QED) is 0.612. The molecular formula is C17H15N7O. The van der Waals surface area contributed by atoms with Gasteiger partial charge in [0.25, 0.3) is 0 Å². The highest BCUT2D eigenvalue weighted by atomic mass is 16.5. The van der Waals surface area contributed by atoms with Crippen LogP contribution in [0, 0.1) is 6.92 Å². The van der Waals surface area contributed by atoms with Gasteiger partial charge in [0.05, 0.1) is 24.4 Å². The number of hydrogen-bond donors (Lipinski definition) is 1. The van der Waals surface area contributed by atoms with E-state index in [1.165, 1.54) is 6.33 Å². The molecule has 0 saturated carbocycles. The summed E-state index contributed by atoms with van der Waals surface area (Å²) in [6, 6.07) is 9.64. The van der Waals surface area contributed by atoms with Gasteiger partial charge in [0.15, 0.2) is 11.5 Å². The Morgan fingerprint density at radius 3 is 2.80 bits per heavy atom. The van der Waals surface area contributed by atoms with E-state index >= 15 is 0 Å². The summed E-state index contributed by atoms with van der Waals surface area (Å²) >= 11 is 0. The molecule has 8 nitrogen and oxygen atoms in total. The van der Waals surface area contributed by atoms with Gasteiger partial charge in [0.1, 0.15) is 17.9 Å². The van der Waals surface area contributed by atoms with Gasteiger partial charge in [-0.15, -0.1) is 10.2 Å². The Kier molecular flexibility index (Phi) is 3.50. The molecule has 0 saturated heterocycles. The average Bonchev–Trinajstić information content (AvgIpc) is 3.07. The molecule has 25 heavy (non-hydrogen) atoms. The minimum Gasteiger partial charge on any atom is -0.497 e. The van der Waals surface area contributed by atoms with Gasteiger partial charge in [-0.25, -0.2) is 9.97 Å². The molecule has 1 aromatic carbocycles. The Labute approximate surface area is 143 Å². The normalized spacial score (nSPS) is 11.0. The van der Waals surface area contributed by atoms with Crippen molar-refractivity contribution in [2.75, 3.05) is 12.8 Å². The number of methoxy groups -OCH3 is 1. The third kappa shape index (κ3) is 2.53. The third-order valence-corrected chi connectivity index (χ3v) is 3.92. The highest BCUT2D eigenvalue weighted by Gasteiger charge is 2.14. The molecule has 4 aromatic rings. The van der Waals surface area contributed by atoms with E-state index in [9.17, 15) is 0 Å². The van der Waals surface area contributed by atoms with Crippen molar-refractivity contribution in [1.82, 2.24) is 29.9 Å². The first-order valence-corrected chi connectivity index (χ1v) is 7.60. The standard InChI is InChI=1S/C17H15N7O/c1-10-6-14(11-4-3-5-12(7-11)25-2)22-23-16(10)24-17-13(8-21-24)15(18)19-9-20-17/h3-9H,1-2H3,(H2,18,19,20). The predicted octanol–water partition coefficient (Wildman–Crippen LogP) is 2.17. The van der Waals surface area contributed by atoms with E-state index in [1.54, 1.807) is 18.0 Å². The lowest BCUT2D eigenvalue weighted by Crippen LogP contribution is -2.06. The van der Waals surface area contributed by atoms with Crippen LogP contribution in [0.2, 0.25) is 0 Å². The van der Waals surface area contributed by atoms with Gasteiger partial charge in [0.2, 0.25) is 0 Å². The van der Waals surface area contributed by atoms with Gasteiger partial charge in [-0.05, 0) is 30.7 Å². The Hall–Kier alpha value is -3.55. The molecule has 0 unspecified atom stereocenters. The van der Waals surface area contributed by atoms with E-state index in [4.69, 9.17) is 10.5 Å². The molecule has 0 aliphatic rings. The van der Waals surface area contributed by atoms with Gasteiger partial charge < -0.3 is 10.5 Å². The van der Waals surface area contributed by atoms with Crippen LogP contribution >= 0.6 is 0 Å². The molecule has 124 valence electrons. The minimum atomic E-state index is 0.384. The number of aromatic nitrogens is 6. The zero-order valence-electron chi connectivity index (χ0n) is 13.7. The number of nitrogens with two attached hydrogens (primary N) is 1. The van der Waals surface area contributed by atoms with Crippen LogP contribution in [0.15, 0.2) is 42.9 Å². The lowest BCUT2D eigenvalue weighted by Gasteiger charge is -2.08. The molecule has 0 spiro atoms. The number of nitrogen functional groups attached to an aromatic ring is 1. The fraction of sp³-hybridized carbons (Fsp3) is 0.118. The lowest BCUT2D eigenvalue weighted by atomic mass is 10.1. The van der Waals surface area contributed by atoms with Gasteiger partial charge in [-0.3, -0.25) is 0 Å². The van der Waals surface area contributed by atoms with Gasteiger partial charge >= 0.3 is 0 Å². The molecule has 2 N–H and O–H groups in total. The average molecular weight is 333 g/mol. The monoisotopic (exact) mass is 333 g/mol. The number of fused-ring (bicyclic) bond motifs is 1. The van der Waals surface area contributed by atoms with Gasteiger partial charge in [-0.1, -0.05) is 12.1 Å². The van der Waals surface area contributed by atoms with Crippen LogP contribution in [0.3, 0.4) is 0 Å². The van der Waals surface area contributed by atoms with E-state index in [2.05, 4.69) is 25.3 Å². The zero-order valence-corrected chi connectivity index (χ0v) is 13.7. The highest BCUT2D eigenvalue weighted by Crippen LogP contribution is 2.25. The maximum Gasteiger partial charge on any atom is 0.181 e. The van der Waals surface area contributed by atoms with Crippen LogP contribution in [-0.4, -0.2) is 37.1 Å². The number of anilines is 1. The molecular weight excluding hydrogens is 318 g/mol. The Morgan fingerprint density at radius 2 is 2.00 bits per heavy atom. The second-order valence-electron chi connectivity index (χ2n) is 5.52. The molecule has 8 heteroatoms. The molecule has 3 aromatic heterocycles. The lowest BCUT2D eigenvalue weighted by molar-refractivity contribution is 0.415. The first-order chi connectivity index (χ1) is 12.2. The van der Waals surface area contributed by atoms with Crippen molar-refractivity contribution in [3.63, 3.8) is 0 Å². The van der Waals surface area contributed by atoms with Crippen LogP contribution in [0.5, 0.6) is 5.75 Å². The summed E-state index contributed by atoms with van der Waals surface area (Å²) in [5.41, 5.74) is 9.05. The highest BCUT2D eigenvalue weighted by molar-refractivity contribution is 5.85. The number of hydrogen-bond acceptors (Lipinski definition) is 7. The van der Waals surface area contributed by atoms with E-state index in [-0.39, 0.29) is 0 Å². The molecule has 0 bridgehead atoms. The second kappa shape index (κ2) is 5.82. The summed E-state index contributed by atoms with van der Waals surface area (Å²) in [4.78, 5) is 8.22. The zero-order chi connectivity index (χ0) is 17.4. The summed E-state index contributed by atoms with van der Waals surface area (Å²) in [7, 11) is 1.63. The largest absolute Gasteiger partial charge is 0.497 e. The number of ether oxygens (including phenoxy) is 1. The smallest absolute Gasteiger partial charge is 0.181 e. The van der Waals surface area contributed by atoms with E-state index in [0.29, 0.717) is 22.7 Å². The van der Waals surface area contributed by atoms with Crippen molar-refractivity contribution in [3.05, 3.63) is 48.4 Å². The topological polar surface area (TPSA) is 105 Å². The molecule has 0 aliphatic carbocycles. The summed E-state index contributed by atoms with van der Waals surface area (Å²) in [5, 5.41) is 13.7. The third-order valence-electron chi connectivity index (χ3n) is 3.92. The predicted molar refractivity (Wildman–Crippen MR) is 93.4 cm³/mol. The molecule has 0 amide bonds. The summed E-state index contributed by atoms with van der Waals surface area (Å²) in [5.74, 6) is 1.75. The van der Waals surface area contributed by atoms with Gasteiger partial charge in [0, 0.05) is 5.56 Å². The molecule has 0 radical (unpaired) electrons. The van der Waals surface area contributed by atoms with Crippen molar-refractivity contribution < 1.29 is 4.74 Å². The van der Waals surface area contributed by atoms with Crippen LogP contribution in [0.25, 0.3) is 28.1 Å². The Morgan fingerprint density at radius 1 is 1.12 bits per heavy atom. The van der Waals surface area contributed by atoms with Crippen molar-refractivity contribution in [3.8, 4) is 22.8 Å². The van der Waals surface area contributed by atoms with E-state index in [0.717, 1.165) is 22.6 Å². The number of benzene rings is 1. The first-order valence-electron chi connectivity index (χ1n) is 7.60. The number of rotatable bonds is 3. The molecule has 0 atom stereocenters. The van der Waals surface area contributed by atoms with Crippen LogP contribution < -0.4 is 10.5 Å². The van der Waals surface area contributed by atoms with Crippen molar-refractivity contribution >= 4 is 16.9 Å². The molecule has 0 fully saturated rings. The van der Waals surface area contributed by atoms with Crippen molar-refractivity contribution in [2.24, 2.45) is 0 Å². The minimum absolute atomic E-state index is 0.384. The fourth-order valence-electron chi connectivity index (χ4n) is 2.63. The van der Waals surface area contributed by atoms with Gasteiger partial charge in [-0.2, -0.15) is 9.78 Å². The molecule has 4 rings (SSSR count). The summed E-state index contributed by atoms with van der Waals surface area (Å²) < 4.78 is 6.88. The van der Waals surface area contributed by atoms with E-state index in [1.807, 2.05) is 37.3 Å². The second-order valence-corrected chi connectivity index (χ2v) is 5.52. The maximum absolute atomic E-state index is 5.86. The summed E-state index contributed by atoms with van der Waals surface area (Å²) in [6.45, 7) is 1.95. The van der Waals surface area contributed by atoms with Crippen LogP contribution in [0.1, 0.15) is 5.56 Å².